The van der Waals surface area contributed by atoms with Gasteiger partial charge in [-0.25, -0.2) is 4.98 Å². The van der Waals surface area contributed by atoms with Crippen LogP contribution in [-0.2, 0) is 5.41 Å². The molecule has 0 radical (unpaired) electrons. The summed E-state index contributed by atoms with van der Waals surface area (Å²) in [4.78, 5) is 6.17. The topological polar surface area (TPSA) is 41.1 Å². The van der Waals surface area contributed by atoms with Crippen LogP contribution in [0.5, 0.6) is 0 Å². The molecule has 3 nitrogen and oxygen atoms in total. The van der Waals surface area contributed by atoms with Crippen molar-refractivity contribution in [1.82, 2.24) is 9.38 Å². The van der Waals surface area contributed by atoms with Gasteiger partial charge in [0.2, 0.25) is 0 Å². The van der Waals surface area contributed by atoms with Gasteiger partial charge in [0.1, 0.15) is 16.0 Å². The molecule has 4 aromatic carbocycles. The minimum Gasteiger partial charge on any atom is -0.284 e. The van der Waals surface area contributed by atoms with Crippen molar-refractivity contribution in [2.45, 2.75) is 19.3 Å². The highest BCUT2D eigenvalue weighted by molar-refractivity contribution is 7.25. The molecule has 184 valence electrons. The number of benzene rings is 4. The van der Waals surface area contributed by atoms with Gasteiger partial charge in [0.05, 0.1) is 17.3 Å². The van der Waals surface area contributed by atoms with Crippen LogP contribution in [0.2, 0.25) is 0 Å². The first kappa shape index (κ1) is 22.3. The van der Waals surface area contributed by atoms with Gasteiger partial charge in [-0.05, 0) is 75.3 Å². The fraction of sp³-hybridized carbons (Fsp3) is 0.0857. The lowest BCUT2D eigenvalue weighted by Gasteiger charge is -2.22. The third-order valence-corrected chi connectivity index (χ3v) is 9.41. The van der Waals surface area contributed by atoms with Crippen molar-refractivity contribution in [3.05, 3.63) is 120 Å². The number of fused-ring (bicyclic) bond motifs is 8. The summed E-state index contributed by atoms with van der Waals surface area (Å²) in [6, 6.07) is 38.9. The SMILES string of the molecule is CC1(C)c2cc(C#N)ccc2-c2ccc(-c3ccc(-c4cccc5nc6c7ccccc7sc6n45)cc3)cc21. The Kier molecular flexibility index (Phi) is 4.51. The van der Waals surface area contributed by atoms with Gasteiger partial charge in [0.15, 0.2) is 0 Å². The van der Waals surface area contributed by atoms with E-state index in [1.807, 2.05) is 12.1 Å². The first-order chi connectivity index (χ1) is 19.0. The fourth-order valence-electron chi connectivity index (χ4n) is 6.24. The Morgan fingerprint density at radius 2 is 1.46 bits per heavy atom. The zero-order valence-electron chi connectivity index (χ0n) is 21.6. The van der Waals surface area contributed by atoms with Crippen LogP contribution in [0.15, 0.2) is 103 Å². The van der Waals surface area contributed by atoms with Gasteiger partial charge < -0.3 is 0 Å². The summed E-state index contributed by atoms with van der Waals surface area (Å²) in [7, 11) is 0. The monoisotopic (exact) mass is 517 g/mol. The predicted molar refractivity (Wildman–Crippen MR) is 161 cm³/mol. The van der Waals surface area contributed by atoms with Crippen LogP contribution in [-0.4, -0.2) is 9.38 Å². The summed E-state index contributed by atoms with van der Waals surface area (Å²) >= 11 is 1.80. The normalized spacial score (nSPS) is 13.6. The van der Waals surface area contributed by atoms with Gasteiger partial charge in [0.25, 0.3) is 0 Å². The number of pyridine rings is 1. The smallest absolute Gasteiger partial charge is 0.139 e. The number of aromatic nitrogens is 2. The van der Waals surface area contributed by atoms with Crippen molar-refractivity contribution in [1.29, 1.82) is 5.26 Å². The van der Waals surface area contributed by atoms with Crippen molar-refractivity contribution in [2.75, 3.05) is 0 Å². The standard InChI is InChI=1S/C35H23N3S/c1-35(2)28-18-21(20-36)10-16-25(28)26-17-15-24(19-29(26)35)22-11-13-23(14-12-22)30-7-5-9-32-37-33-27-6-3-4-8-31(27)39-34(33)38(30)32/h3-19H,1-2H3. The zero-order chi connectivity index (χ0) is 26.3. The van der Waals surface area contributed by atoms with Crippen LogP contribution >= 0.6 is 11.3 Å². The number of nitriles is 1. The molecule has 0 amide bonds. The molecule has 39 heavy (non-hydrogen) atoms. The van der Waals surface area contributed by atoms with E-state index in [1.54, 1.807) is 11.3 Å². The summed E-state index contributed by atoms with van der Waals surface area (Å²) in [6.07, 6.45) is 0. The largest absolute Gasteiger partial charge is 0.284 e. The molecular formula is C35H23N3S. The number of imidazole rings is 1. The molecule has 7 aromatic rings. The number of thiophene rings is 1. The molecule has 0 saturated heterocycles. The first-order valence-corrected chi connectivity index (χ1v) is 13.9. The van der Waals surface area contributed by atoms with Gasteiger partial charge in [-0.3, -0.25) is 4.40 Å². The van der Waals surface area contributed by atoms with E-state index in [2.05, 4.69) is 115 Å². The van der Waals surface area contributed by atoms with E-state index in [0.29, 0.717) is 5.56 Å². The Bertz CT molecular complexity index is 2150. The molecule has 0 aliphatic heterocycles. The minimum atomic E-state index is -0.153. The fourth-order valence-corrected chi connectivity index (χ4v) is 7.40. The van der Waals surface area contributed by atoms with E-state index >= 15 is 0 Å². The number of nitrogens with zero attached hydrogens (tertiary/aromatic N) is 3. The Morgan fingerprint density at radius 1 is 0.744 bits per heavy atom. The van der Waals surface area contributed by atoms with Crippen molar-refractivity contribution in [2.24, 2.45) is 0 Å². The predicted octanol–water partition coefficient (Wildman–Crippen LogP) is 9.21. The van der Waals surface area contributed by atoms with Gasteiger partial charge in [-0.2, -0.15) is 5.26 Å². The molecule has 0 unspecified atom stereocenters. The number of hydrogen-bond donors (Lipinski definition) is 0. The van der Waals surface area contributed by atoms with Crippen LogP contribution in [0.1, 0.15) is 30.5 Å². The summed E-state index contributed by atoms with van der Waals surface area (Å²) in [5, 5.41) is 10.6. The average molecular weight is 518 g/mol. The Labute approximate surface area is 230 Å². The average Bonchev–Trinajstić information content (AvgIpc) is 3.59. The number of rotatable bonds is 2. The quantitative estimate of drug-likeness (QED) is 0.229. The lowest BCUT2D eigenvalue weighted by Crippen LogP contribution is -2.15. The van der Waals surface area contributed by atoms with E-state index < -0.39 is 0 Å². The Balaban J connectivity index is 1.21. The molecule has 1 aliphatic carbocycles. The lowest BCUT2D eigenvalue weighted by atomic mass is 9.81. The van der Waals surface area contributed by atoms with Crippen LogP contribution in [0.25, 0.3) is 59.6 Å². The van der Waals surface area contributed by atoms with E-state index in [4.69, 9.17) is 4.98 Å². The highest BCUT2D eigenvalue weighted by Crippen LogP contribution is 2.50. The maximum atomic E-state index is 9.43. The summed E-state index contributed by atoms with van der Waals surface area (Å²) in [5.41, 5.74) is 12.3. The van der Waals surface area contributed by atoms with Crippen molar-refractivity contribution >= 4 is 37.4 Å². The van der Waals surface area contributed by atoms with Gasteiger partial charge >= 0.3 is 0 Å². The van der Waals surface area contributed by atoms with Crippen LogP contribution < -0.4 is 0 Å². The third kappa shape index (κ3) is 3.11. The van der Waals surface area contributed by atoms with E-state index in [-0.39, 0.29) is 5.41 Å². The van der Waals surface area contributed by atoms with Crippen LogP contribution in [0, 0.1) is 11.3 Å². The van der Waals surface area contributed by atoms with E-state index in [0.717, 1.165) is 16.9 Å². The van der Waals surface area contributed by atoms with Gasteiger partial charge in [0, 0.05) is 15.5 Å². The second-order valence-electron chi connectivity index (χ2n) is 10.8. The second kappa shape index (κ2) is 7.89. The van der Waals surface area contributed by atoms with Crippen molar-refractivity contribution in [3.8, 4) is 39.6 Å². The molecule has 0 atom stereocenters. The first-order valence-electron chi connectivity index (χ1n) is 13.1. The molecule has 0 N–H and O–H groups in total. The second-order valence-corrected chi connectivity index (χ2v) is 11.8. The maximum Gasteiger partial charge on any atom is 0.139 e. The lowest BCUT2D eigenvalue weighted by molar-refractivity contribution is 0.660. The Hall–Kier alpha value is -4.72. The summed E-state index contributed by atoms with van der Waals surface area (Å²) in [5.74, 6) is 0. The van der Waals surface area contributed by atoms with Crippen molar-refractivity contribution in [3.63, 3.8) is 0 Å². The molecule has 8 rings (SSSR count). The molecule has 0 spiro atoms. The van der Waals surface area contributed by atoms with Crippen LogP contribution in [0.3, 0.4) is 0 Å². The van der Waals surface area contributed by atoms with E-state index in [9.17, 15) is 5.26 Å². The highest BCUT2D eigenvalue weighted by atomic mass is 32.1. The van der Waals surface area contributed by atoms with Crippen molar-refractivity contribution < 1.29 is 0 Å². The highest BCUT2D eigenvalue weighted by Gasteiger charge is 2.35. The molecular weight excluding hydrogens is 494 g/mol. The van der Waals surface area contributed by atoms with Gasteiger partial charge in [-0.1, -0.05) is 80.6 Å². The van der Waals surface area contributed by atoms with E-state index in [1.165, 1.54) is 53.9 Å². The van der Waals surface area contributed by atoms with Gasteiger partial charge in [-0.15, -0.1) is 11.3 Å². The Morgan fingerprint density at radius 3 is 2.28 bits per heavy atom. The summed E-state index contributed by atoms with van der Waals surface area (Å²) < 4.78 is 3.56. The summed E-state index contributed by atoms with van der Waals surface area (Å²) in [6.45, 7) is 4.51. The number of hydrogen-bond acceptors (Lipinski definition) is 3. The minimum absolute atomic E-state index is 0.153. The molecule has 1 aliphatic rings. The third-order valence-electron chi connectivity index (χ3n) is 8.27. The molecule has 0 saturated carbocycles. The molecule has 3 aromatic heterocycles. The molecule has 0 bridgehead atoms. The molecule has 0 fully saturated rings. The maximum absolute atomic E-state index is 9.43. The zero-order valence-corrected chi connectivity index (χ0v) is 22.4. The molecule has 4 heteroatoms. The molecule has 3 heterocycles. The van der Waals surface area contributed by atoms with Crippen LogP contribution in [0.4, 0.5) is 0 Å².